The summed E-state index contributed by atoms with van der Waals surface area (Å²) in [5.41, 5.74) is 2.79. The summed E-state index contributed by atoms with van der Waals surface area (Å²) in [5.74, 6) is -0.614. The van der Waals surface area contributed by atoms with E-state index in [4.69, 9.17) is 0 Å². The van der Waals surface area contributed by atoms with Crippen LogP contribution in [-0.2, 0) is 0 Å². The first kappa shape index (κ1) is 26.1. The van der Waals surface area contributed by atoms with E-state index < -0.39 is 12.8 Å². The second kappa shape index (κ2) is 11.1. The molecule has 0 saturated carbocycles. The number of fused-ring (bicyclic) bond motifs is 1. The lowest BCUT2D eigenvalue weighted by Gasteiger charge is -2.32. The van der Waals surface area contributed by atoms with Crippen molar-refractivity contribution >= 4 is 28.5 Å². The lowest BCUT2D eigenvalue weighted by molar-refractivity contribution is -0.154. The molecule has 4 aromatic rings. The van der Waals surface area contributed by atoms with Gasteiger partial charge in [0, 0.05) is 42.6 Å². The Kier molecular flexibility index (Phi) is 7.40. The van der Waals surface area contributed by atoms with Crippen molar-refractivity contribution in [2.45, 2.75) is 24.9 Å². The van der Waals surface area contributed by atoms with Gasteiger partial charge in [0.25, 0.3) is 11.8 Å². The van der Waals surface area contributed by atoms with E-state index in [1.165, 1.54) is 18.2 Å². The predicted molar refractivity (Wildman–Crippen MR) is 138 cm³/mol. The first-order chi connectivity index (χ1) is 18.8. The highest BCUT2D eigenvalue weighted by Gasteiger charge is 2.29. The number of carbonyl (C=O) groups is 2. The number of alkyl halides is 3. The number of nitrogens with zero attached hydrogens (tertiary/aromatic N) is 4. The predicted octanol–water partition coefficient (Wildman–Crippen LogP) is 5.24. The molecule has 3 aromatic heterocycles. The zero-order valence-electron chi connectivity index (χ0n) is 20.7. The molecule has 1 aliphatic rings. The minimum atomic E-state index is -4.49. The number of pyridine rings is 3. The fourth-order valence-corrected chi connectivity index (χ4v) is 4.57. The summed E-state index contributed by atoms with van der Waals surface area (Å²) < 4.78 is 41.9. The van der Waals surface area contributed by atoms with Gasteiger partial charge in [0.2, 0.25) is 5.88 Å². The molecule has 39 heavy (non-hydrogen) atoms. The number of rotatable bonds is 6. The third-order valence-corrected chi connectivity index (χ3v) is 6.51. The van der Waals surface area contributed by atoms with Gasteiger partial charge in [-0.1, -0.05) is 18.2 Å². The lowest BCUT2D eigenvalue weighted by Crippen LogP contribution is -2.38. The first-order valence-corrected chi connectivity index (χ1v) is 12.3. The van der Waals surface area contributed by atoms with E-state index >= 15 is 0 Å². The molecule has 0 atom stereocenters. The fraction of sp³-hybridized carbons (Fsp3) is 0.250. The molecule has 0 bridgehead atoms. The molecule has 11 heteroatoms. The molecule has 1 fully saturated rings. The molecule has 4 heterocycles. The molecule has 1 N–H and O–H groups in total. The smallest absolute Gasteiger partial charge is 0.422 e. The Labute approximate surface area is 221 Å². The minimum absolute atomic E-state index is 0.0472. The number of carbonyl (C=O) groups excluding carboxylic acids is 2. The molecular weight excluding hydrogens is 511 g/mol. The van der Waals surface area contributed by atoms with Crippen LogP contribution in [0.3, 0.4) is 0 Å². The number of anilines is 1. The van der Waals surface area contributed by atoms with Gasteiger partial charge in [0.15, 0.2) is 12.3 Å². The summed E-state index contributed by atoms with van der Waals surface area (Å²) in [7, 11) is 0. The van der Waals surface area contributed by atoms with E-state index in [2.05, 4.69) is 25.0 Å². The number of amides is 2. The van der Waals surface area contributed by atoms with Crippen LogP contribution in [0.15, 0.2) is 73.1 Å². The van der Waals surface area contributed by atoms with Crippen molar-refractivity contribution in [3.05, 3.63) is 89.9 Å². The molecule has 0 radical (unpaired) electrons. The topological polar surface area (TPSA) is 97.3 Å². The van der Waals surface area contributed by atoms with Gasteiger partial charge in [-0.2, -0.15) is 13.2 Å². The average molecular weight is 536 g/mol. The summed E-state index contributed by atoms with van der Waals surface area (Å²) in [5, 5.41) is 3.59. The van der Waals surface area contributed by atoms with Crippen LogP contribution in [0.25, 0.3) is 11.0 Å². The number of halogens is 3. The van der Waals surface area contributed by atoms with E-state index in [1.807, 2.05) is 24.3 Å². The number of hydrogen-bond donors (Lipinski definition) is 1. The van der Waals surface area contributed by atoms with Gasteiger partial charge < -0.3 is 15.0 Å². The fourth-order valence-electron chi connectivity index (χ4n) is 4.57. The summed E-state index contributed by atoms with van der Waals surface area (Å²) in [6, 6.07) is 17.1. The van der Waals surface area contributed by atoms with Crippen LogP contribution in [0.5, 0.6) is 5.88 Å². The van der Waals surface area contributed by atoms with Crippen LogP contribution in [0.2, 0.25) is 0 Å². The minimum Gasteiger partial charge on any atom is -0.468 e. The summed E-state index contributed by atoms with van der Waals surface area (Å²) in [4.78, 5) is 39.7. The maximum absolute atomic E-state index is 12.9. The Balaban J connectivity index is 1.17. The Hall–Kier alpha value is -4.54. The Bertz CT molecular complexity index is 1480. The number of nitrogens with one attached hydrogen (secondary N) is 1. The van der Waals surface area contributed by atoms with Crippen LogP contribution >= 0.6 is 0 Å². The van der Waals surface area contributed by atoms with Crippen LogP contribution in [0, 0.1) is 0 Å². The second-order valence-corrected chi connectivity index (χ2v) is 9.14. The van der Waals surface area contributed by atoms with E-state index in [9.17, 15) is 22.8 Å². The number of ether oxygens (including phenoxy) is 1. The number of piperidine rings is 1. The quantitative estimate of drug-likeness (QED) is 0.363. The molecule has 8 nitrogen and oxygen atoms in total. The van der Waals surface area contributed by atoms with Crippen molar-refractivity contribution in [1.29, 1.82) is 0 Å². The summed E-state index contributed by atoms with van der Waals surface area (Å²) in [6.45, 7) is -0.495. The standard InChI is InChI=1S/C28H24F3N5O3/c29-28(30,31)17-39-24-5-1-4-23(35-24)27(38)36-15-11-19(12-16-36)18-6-8-20(9-7-18)34-26(37)22-10-14-33-25-21(22)3-2-13-32-25/h1-10,13-14,19H,11-12,15-17H2,(H,34,37). The van der Waals surface area contributed by atoms with E-state index in [-0.39, 0.29) is 29.3 Å². The van der Waals surface area contributed by atoms with Crippen molar-refractivity contribution < 1.29 is 27.5 Å². The number of benzene rings is 1. The Morgan fingerprint density at radius 1 is 0.949 bits per heavy atom. The largest absolute Gasteiger partial charge is 0.468 e. The number of aromatic nitrogens is 3. The summed E-state index contributed by atoms with van der Waals surface area (Å²) >= 11 is 0. The molecule has 5 rings (SSSR count). The van der Waals surface area contributed by atoms with Crippen molar-refractivity contribution in [3.63, 3.8) is 0 Å². The molecule has 1 saturated heterocycles. The van der Waals surface area contributed by atoms with Crippen molar-refractivity contribution in [2.75, 3.05) is 25.0 Å². The van der Waals surface area contributed by atoms with Crippen molar-refractivity contribution in [1.82, 2.24) is 19.9 Å². The van der Waals surface area contributed by atoms with E-state index in [1.54, 1.807) is 35.5 Å². The molecule has 1 aliphatic heterocycles. The third-order valence-electron chi connectivity index (χ3n) is 6.51. The highest BCUT2D eigenvalue weighted by molar-refractivity contribution is 6.11. The number of hydrogen-bond acceptors (Lipinski definition) is 6. The van der Waals surface area contributed by atoms with Gasteiger partial charge in [-0.25, -0.2) is 15.0 Å². The normalized spacial score (nSPS) is 14.3. The van der Waals surface area contributed by atoms with Crippen molar-refractivity contribution in [3.8, 4) is 5.88 Å². The van der Waals surface area contributed by atoms with Gasteiger partial charge in [0.05, 0.1) is 5.56 Å². The lowest BCUT2D eigenvalue weighted by atomic mass is 9.89. The molecule has 1 aromatic carbocycles. The highest BCUT2D eigenvalue weighted by atomic mass is 19.4. The maximum Gasteiger partial charge on any atom is 0.422 e. The molecular formula is C28H24F3N5O3. The van der Waals surface area contributed by atoms with Gasteiger partial charge >= 0.3 is 6.18 Å². The van der Waals surface area contributed by atoms with Crippen LogP contribution in [-0.4, -0.2) is 57.5 Å². The first-order valence-electron chi connectivity index (χ1n) is 12.3. The van der Waals surface area contributed by atoms with E-state index in [0.717, 1.165) is 18.4 Å². The van der Waals surface area contributed by atoms with Crippen molar-refractivity contribution in [2.24, 2.45) is 0 Å². The molecule has 0 spiro atoms. The highest BCUT2D eigenvalue weighted by Crippen LogP contribution is 2.30. The monoisotopic (exact) mass is 535 g/mol. The zero-order chi connectivity index (χ0) is 27.4. The molecule has 2 amide bonds. The van der Waals surface area contributed by atoms with Gasteiger partial charge in [-0.15, -0.1) is 0 Å². The van der Waals surface area contributed by atoms with Crippen LogP contribution in [0.4, 0.5) is 18.9 Å². The Morgan fingerprint density at radius 2 is 1.69 bits per heavy atom. The van der Waals surface area contributed by atoms with E-state index in [0.29, 0.717) is 35.4 Å². The number of likely N-dealkylation sites (tertiary alicyclic amines) is 1. The molecule has 0 aliphatic carbocycles. The zero-order valence-corrected chi connectivity index (χ0v) is 20.7. The second-order valence-electron chi connectivity index (χ2n) is 9.14. The van der Waals surface area contributed by atoms with Crippen LogP contribution < -0.4 is 10.1 Å². The summed E-state index contributed by atoms with van der Waals surface area (Å²) in [6.07, 6.45) is 0.135. The van der Waals surface area contributed by atoms with Gasteiger partial charge in [-0.05, 0) is 60.7 Å². The maximum atomic E-state index is 12.9. The average Bonchev–Trinajstić information content (AvgIpc) is 2.95. The van der Waals surface area contributed by atoms with Gasteiger partial charge in [-0.3, -0.25) is 9.59 Å². The molecule has 0 unspecified atom stereocenters. The Morgan fingerprint density at radius 3 is 2.44 bits per heavy atom. The SMILES string of the molecule is O=C(Nc1ccc(C2CCN(C(=O)c3cccc(OCC(F)(F)F)n3)CC2)cc1)c1ccnc2ncccc12. The van der Waals surface area contributed by atoms with Gasteiger partial charge in [0.1, 0.15) is 5.69 Å². The molecule has 200 valence electrons. The third kappa shape index (κ3) is 6.31. The van der Waals surface area contributed by atoms with Crippen LogP contribution in [0.1, 0.15) is 45.2 Å².